The second kappa shape index (κ2) is 10.0. The summed E-state index contributed by atoms with van der Waals surface area (Å²) in [7, 11) is 3.49. The molecule has 1 aromatic heterocycles. The fourth-order valence-electron chi connectivity index (χ4n) is 4.09. The second-order valence-electron chi connectivity index (χ2n) is 8.00. The van der Waals surface area contributed by atoms with Crippen molar-refractivity contribution in [3.63, 3.8) is 0 Å². The minimum absolute atomic E-state index is 0.683. The molecule has 0 atom stereocenters. The molecule has 0 bridgehead atoms. The smallest absolute Gasteiger partial charge is 0.259 e. The average molecular weight is 443 g/mol. The highest BCUT2D eigenvalue weighted by Gasteiger charge is 2.21. The second-order valence-corrected chi connectivity index (χ2v) is 9.09. The molecule has 0 unspecified atom stereocenters. The van der Waals surface area contributed by atoms with Gasteiger partial charge in [-0.2, -0.15) is 0 Å². The first-order valence-corrected chi connectivity index (χ1v) is 11.7. The molecule has 2 aromatic carbocycles. The summed E-state index contributed by atoms with van der Waals surface area (Å²) in [6, 6.07) is 9.05. The maximum absolute atomic E-state index is 5.53. The summed E-state index contributed by atoms with van der Waals surface area (Å²) in [5.41, 5.74) is 7.06. The lowest BCUT2D eigenvalue weighted by Crippen LogP contribution is -2.36. The zero-order valence-corrected chi connectivity index (χ0v) is 19.8. The van der Waals surface area contributed by atoms with Gasteiger partial charge in [-0.25, -0.2) is 4.98 Å². The van der Waals surface area contributed by atoms with Gasteiger partial charge in [0.15, 0.2) is 0 Å². The molecule has 0 spiro atoms. The van der Waals surface area contributed by atoms with Crippen LogP contribution >= 0.6 is 11.3 Å². The van der Waals surface area contributed by atoms with Crippen LogP contribution in [0.5, 0.6) is 0 Å². The van der Waals surface area contributed by atoms with Crippen LogP contribution in [0.4, 0.5) is 11.4 Å². The maximum atomic E-state index is 5.53. The zero-order chi connectivity index (χ0) is 21.8. The Kier molecular flexibility index (Phi) is 7.17. The van der Waals surface area contributed by atoms with Crippen molar-refractivity contribution >= 4 is 43.1 Å². The topological polar surface area (TPSA) is 47.1 Å². The highest BCUT2D eigenvalue weighted by atomic mass is 32.1. The summed E-state index contributed by atoms with van der Waals surface area (Å²) in [5, 5.41) is 0. The molecule has 7 heteroatoms. The highest BCUT2D eigenvalue weighted by molar-refractivity contribution is 7.24. The lowest BCUT2D eigenvalue weighted by molar-refractivity contribution is 0.122. The minimum Gasteiger partial charge on any atom is -0.383 e. The largest absolute Gasteiger partial charge is 0.383 e. The Labute approximate surface area is 188 Å². The Hall–Kier alpha value is -2.06. The summed E-state index contributed by atoms with van der Waals surface area (Å²) < 4.78 is 18.6. The average Bonchev–Trinajstić information content (AvgIpc) is 2.78. The predicted molar refractivity (Wildman–Crippen MR) is 130 cm³/mol. The number of hydrogen-bond acceptors (Lipinski definition) is 6. The Bertz CT molecular complexity index is 1050. The lowest BCUT2D eigenvalue weighted by atomic mass is 10.1. The molecule has 4 rings (SSSR count). The van der Waals surface area contributed by atoms with Gasteiger partial charge in [-0.3, -0.25) is 0 Å². The quantitative estimate of drug-likeness (QED) is 0.383. The Morgan fingerprint density at radius 3 is 2.19 bits per heavy atom. The van der Waals surface area contributed by atoms with Crippen molar-refractivity contribution < 1.29 is 14.2 Å². The van der Waals surface area contributed by atoms with E-state index in [0.29, 0.717) is 13.2 Å². The third-order valence-electron chi connectivity index (χ3n) is 5.82. The van der Waals surface area contributed by atoms with Crippen molar-refractivity contribution in [2.24, 2.45) is 0 Å². The van der Waals surface area contributed by atoms with E-state index in [2.05, 4.69) is 47.9 Å². The van der Waals surface area contributed by atoms with Gasteiger partial charge in [-0.05, 0) is 37.1 Å². The summed E-state index contributed by atoms with van der Waals surface area (Å²) in [6.07, 6.45) is 0. The van der Waals surface area contributed by atoms with E-state index in [-0.39, 0.29) is 0 Å². The Morgan fingerprint density at radius 2 is 1.55 bits per heavy atom. The molecular weight excluding hydrogens is 410 g/mol. The standard InChI is InChI=1S/C24H32N3O3S/c1-17-13-19(26(5-9-28-3)6-10-29-4)15-21-23(17)25-24-18(2)14-20(16-22(24)31-21)27-7-11-30-12-8-27/h13-16H,5-12H2,1-4H3/q+1. The number of methoxy groups -OCH3 is 2. The normalized spacial score (nSPS) is 14.5. The van der Waals surface area contributed by atoms with Crippen LogP contribution in [-0.2, 0) is 14.2 Å². The molecule has 31 heavy (non-hydrogen) atoms. The number of rotatable bonds is 8. The molecule has 0 N–H and O–H groups in total. The van der Waals surface area contributed by atoms with Crippen LogP contribution in [-0.4, -0.2) is 71.8 Å². The van der Waals surface area contributed by atoms with Crippen molar-refractivity contribution in [1.29, 1.82) is 0 Å². The Morgan fingerprint density at radius 1 is 0.935 bits per heavy atom. The first-order valence-electron chi connectivity index (χ1n) is 10.8. The molecule has 1 fully saturated rings. The number of morpholine rings is 1. The first-order chi connectivity index (χ1) is 15.1. The van der Waals surface area contributed by atoms with Gasteiger partial charge in [0.05, 0.1) is 26.4 Å². The van der Waals surface area contributed by atoms with E-state index in [1.165, 1.54) is 31.9 Å². The van der Waals surface area contributed by atoms with Gasteiger partial charge in [-0.1, -0.05) is 0 Å². The number of anilines is 2. The van der Waals surface area contributed by atoms with Gasteiger partial charge in [0.1, 0.15) is 11.0 Å². The van der Waals surface area contributed by atoms with Gasteiger partial charge in [0.25, 0.3) is 9.40 Å². The fourth-order valence-corrected chi connectivity index (χ4v) is 5.29. The van der Waals surface area contributed by atoms with Crippen molar-refractivity contribution in [1.82, 2.24) is 4.98 Å². The molecule has 1 aliphatic rings. The Balaban J connectivity index is 1.77. The molecular formula is C24H32N3O3S+. The number of ether oxygens (including phenoxy) is 3. The van der Waals surface area contributed by atoms with Gasteiger partial charge in [0.2, 0.25) is 11.3 Å². The van der Waals surface area contributed by atoms with Crippen LogP contribution in [0.2, 0.25) is 0 Å². The third kappa shape index (κ3) is 4.90. The number of aromatic nitrogens is 1. The molecule has 0 amide bonds. The molecule has 2 heterocycles. The molecule has 166 valence electrons. The van der Waals surface area contributed by atoms with Crippen LogP contribution in [0, 0.1) is 13.8 Å². The van der Waals surface area contributed by atoms with Crippen LogP contribution < -0.4 is 9.80 Å². The molecule has 1 aliphatic heterocycles. The van der Waals surface area contributed by atoms with Gasteiger partial charge >= 0.3 is 0 Å². The highest BCUT2D eigenvalue weighted by Crippen LogP contribution is 2.35. The first kappa shape index (κ1) is 22.1. The summed E-state index contributed by atoms with van der Waals surface area (Å²) in [4.78, 5) is 9.82. The minimum atomic E-state index is 0.683. The number of nitrogens with zero attached hydrogens (tertiary/aromatic N) is 3. The van der Waals surface area contributed by atoms with E-state index < -0.39 is 0 Å². The summed E-state index contributed by atoms with van der Waals surface area (Å²) >= 11 is 1.83. The SMILES string of the molecule is COCCN(CCOC)c1cc(C)c2nc3c(C)cc(N4CCOCC4)cc3[s+]c2c1. The molecule has 0 aliphatic carbocycles. The van der Waals surface area contributed by atoms with Gasteiger partial charge in [-0.15, -0.1) is 0 Å². The molecule has 0 radical (unpaired) electrons. The van der Waals surface area contributed by atoms with E-state index in [9.17, 15) is 0 Å². The third-order valence-corrected chi connectivity index (χ3v) is 6.88. The molecule has 6 nitrogen and oxygen atoms in total. The van der Waals surface area contributed by atoms with Crippen LogP contribution in [0.15, 0.2) is 24.3 Å². The molecule has 3 aromatic rings. The predicted octanol–water partition coefficient (Wildman–Crippen LogP) is 4.28. The van der Waals surface area contributed by atoms with E-state index in [1.807, 2.05) is 11.3 Å². The van der Waals surface area contributed by atoms with Gasteiger partial charge in [0, 0.05) is 63.9 Å². The fraction of sp³-hybridized carbons (Fsp3) is 0.500. The number of benzene rings is 2. The maximum Gasteiger partial charge on any atom is 0.259 e. The van der Waals surface area contributed by atoms with Crippen molar-refractivity contribution in [3.05, 3.63) is 35.4 Å². The summed E-state index contributed by atoms with van der Waals surface area (Å²) in [5.74, 6) is 0. The van der Waals surface area contributed by atoms with E-state index in [1.54, 1.807) is 14.2 Å². The van der Waals surface area contributed by atoms with E-state index >= 15 is 0 Å². The monoisotopic (exact) mass is 442 g/mol. The van der Waals surface area contributed by atoms with Crippen LogP contribution in [0.1, 0.15) is 11.1 Å². The van der Waals surface area contributed by atoms with Crippen LogP contribution in [0.25, 0.3) is 20.4 Å². The van der Waals surface area contributed by atoms with Gasteiger partial charge < -0.3 is 24.0 Å². The summed E-state index contributed by atoms with van der Waals surface area (Å²) in [6.45, 7) is 10.8. The molecule has 1 saturated heterocycles. The number of hydrogen-bond donors (Lipinski definition) is 0. The lowest BCUT2D eigenvalue weighted by Gasteiger charge is -2.28. The van der Waals surface area contributed by atoms with Crippen molar-refractivity contribution in [2.75, 3.05) is 76.6 Å². The number of aryl methyl sites for hydroxylation is 2. The van der Waals surface area contributed by atoms with Crippen molar-refractivity contribution in [2.45, 2.75) is 13.8 Å². The van der Waals surface area contributed by atoms with E-state index in [4.69, 9.17) is 19.2 Å². The van der Waals surface area contributed by atoms with Crippen LogP contribution in [0.3, 0.4) is 0 Å². The number of fused-ring (bicyclic) bond motifs is 2. The van der Waals surface area contributed by atoms with Crippen molar-refractivity contribution in [3.8, 4) is 0 Å². The van der Waals surface area contributed by atoms with E-state index in [0.717, 1.165) is 50.4 Å². The zero-order valence-electron chi connectivity index (χ0n) is 18.9. The molecule has 0 saturated carbocycles.